The van der Waals surface area contributed by atoms with E-state index in [4.69, 9.17) is 4.74 Å². The molecule has 0 aliphatic rings. The Hall–Kier alpha value is -1.35. The van der Waals surface area contributed by atoms with Gasteiger partial charge >= 0.3 is 0 Å². The van der Waals surface area contributed by atoms with Gasteiger partial charge in [-0.25, -0.2) is 4.39 Å². The van der Waals surface area contributed by atoms with Gasteiger partial charge < -0.3 is 9.84 Å². The zero-order chi connectivity index (χ0) is 11.3. The number of ether oxygens (including phenoxy) is 1. The molecule has 0 bridgehead atoms. The van der Waals surface area contributed by atoms with Crippen molar-refractivity contribution < 1.29 is 14.2 Å². The van der Waals surface area contributed by atoms with Crippen molar-refractivity contribution in [3.05, 3.63) is 42.2 Å². The standard InChI is InChI=1S/C12H15FO2/c1-3-4-7-15-12-6-5-10(9(2)14)8-11(12)13/h3,5-6,8-9,14H,1,4,7H2,2H3/t9-/m1/s1. The Balaban J connectivity index is 2.70. The van der Waals surface area contributed by atoms with E-state index >= 15 is 0 Å². The first-order valence-electron chi connectivity index (χ1n) is 4.86. The fourth-order valence-electron chi connectivity index (χ4n) is 1.15. The predicted octanol–water partition coefficient (Wildman–Crippen LogP) is 2.83. The minimum absolute atomic E-state index is 0.209. The monoisotopic (exact) mass is 210 g/mol. The Morgan fingerprint density at radius 3 is 2.87 bits per heavy atom. The zero-order valence-corrected chi connectivity index (χ0v) is 8.74. The van der Waals surface area contributed by atoms with Crippen molar-refractivity contribution in [2.75, 3.05) is 6.61 Å². The highest BCUT2D eigenvalue weighted by atomic mass is 19.1. The summed E-state index contributed by atoms with van der Waals surface area (Å²) in [6, 6.07) is 4.46. The molecule has 0 amide bonds. The van der Waals surface area contributed by atoms with Crippen molar-refractivity contribution in [2.24, 2.45) is 0 Å². The highest BCUT2D eigenvalue weighted by Gasteiger charge is 2.07. The van der Waals surface area contributed by atoms with E-state index in [1.807, 2.05) is 0 Å². The number of halogens is 1. The maximum absolute atomic E-state index is 13.4. The minimum atomic E-state index is -0.665. The van der Waals surface area contributed by atoms with Crippen LogP contribution >= 0.6 is 0 Å². The largest absolute Gasteiger partial charge is 0.490 e. The molecule has 3 heteroatoms. The lowest BCUT2D eigenvalue weighted by atomic mass is 10.1. The molecule has 15 heavy (non-hydrogen) atoms. The van der Waals surface area contributed by atoms with Crippen LogP contribution in [0.25, 0.3) is 0 Å². The van der Waals surface area contributed by atoms with Gasteiger partial charge in [0.2, 0.25) is 0 Å². The van der Waals surface area contributed by atoms with E-state index in [0.29, 0.717) is 18.6 Å². The Kier molecular flexibility index (Phi) is 4.31. The fourth-order valence-corrected chi connectivity index (χ4v) is 1.15. The van der Waals surface area contributed by atoms with Crippen LogP contribution in [0.5, 0.6) is 5.75 Å². The van der Waals surface area contributed by atoms with Gasteiger partial charge in [0.25, 0.3) is 0 Å². The fraction of sp³-hybridized carbons (Fsp3) is 0.333. The summed E-state index contributed by atoms with van der Waals surface area (Å²) in [5.74, 6) is -0.237. The molecule has 0 saturated heterocycles. The molecule has 82 valence electrons. The SMILES string of the molecule is C=CCCOc1ccc([C@@H](C)O)cc1F. The molecule has 1 rings (SSSR count). The number of benzene rings is 1. The summed E-state index contributed by atoms with van der Waals surface area (Å²) in [4.78, 5) is 0. The van der Waals surface area contributed by atoms with Gasteiger partial charge in [0.15, 0.2) is 11.6 Å². The van der Waals surface area contributed by atoms with E-state index in [1.54, 1.807) is 19.1 Å². The molecule has 1 atom stereocenters. The van der Waals surface area contributed by atoms with E-state index < -0.39 is 11.9 Å². The highest BCUT2D eigenvalue weighted by molar-refractivity contribution is 5.30. The van der Waals surface area contributed by atoms with Crippen LogP contribution in [-0.2, 0) is 0 Å². The summed E-state index contributed by atoms with van der Waals surface area (Å²) in [5, 5.41) is 9.23. The van der Waals surface area contributed by atoms with Gasteiger partial charge in [-0.3, -0.25) is 0 Å². The first-order chi connectivity index (χ1) is 7.15. The number of aliphatic hydroxyl groups is 1. The van der Waals surface area contributed by atoms with E-state index in [0.717, 1.165) is 0 Å². The van der Waals surface area contributed by atoms with Crippen LogP contribution in [0.4, 0.5) is 4.39 Å². The summed E-state index contributed by atoms with van der Waals surface area (Å²) >= 11 is 0. The molecule has 1 aromatic rings. The minimum Gasteiger partial charge on any atom is -0.490 e. The molecule has 1 aromatic carbocycles. The third-order valence-electron chi connectivity index (χ3n) is 2.02. The van der Waals surface area contributed by atoms with Gasteiger partial charge in [-0.15, -0.1) is 6.58 Å². The number of aliphatic hydroxyl groups excluding tert-OH is 1. The highest BCUT2D eigenvalue weighted by Crippen LogP contribution is 2.21. The van der Waals surface area contributed by atoms with E-state index in [-0.39, 0.29) is 5.75 Å². The van der Waals surface area contributed by atoms with Crippen molar-refractivity contribution in [3.8, 4) is 5.75 Å². The maximum atomic E-state index is 13.4. The van der Waals surface area contributed by atoms with Crippen molar-refractivity contribution in [3.63, 3.8) is 0 Å². The quantitative estimate of drug-likeness (QED) is 0.598. The third-order valence-corrected chi connectivity index (χ3v) is 2.02. The molecule has 0 aromatic heterocycles. The van der Waals surface area contributed by atoms with Gasteiger partial charge in [-0.05, 0) is 31.0 Å². The van der Waals surface area contributed by atoms with Gasteiger partial charge in [0.1, 0.15) is 0 Å². The molecular formula is C12H15FO2. The number of rotatable bonds is 5. The van der Waals surface area contributed by atoms with Crippen molar-refractivity contribution >= 4 is 0 Å². The molecule has 0 unspecified atom stereocenters. The van der Waals surface area contributed by atoms with E-state index in [2.05, 4.69) is 6.58 Å². The average molecular weight is 210 g/mol. The van der Waals surface area contributed by atoms with Crippen LogP contribution in [0, 0.1) is 5.82 Å². The predicted molar refractivity (Wildman–Crippen MR) is 57.3 cm³/mol. The van der Waals surface area contributed by atoms with Gasteiger partial charge in [-0.1, -0.05) is 12.1 Å². The van der Waals surface area contributed by atoms with Crippen LogP contribution in [0.1, 0.15) is 25.0 Å². The third kappa shape index (κ3) is 3.36. The van der Waals surface area contributed by atoms with E-state index in [9.17, 15) is 9.50 Å². The summed E-state index contributed by atoms with van der Waals surface area (Å²) in [6.45, 7) is 5.55. The molecule has 0 spiro atoms. The summed E-state index contributed by atoms with van der Waals surface area (Å²) in [7, 11) is 0. The first-order valence-corrected chi connectivity index (χ1v) is 4.86. The van der Waals surface area contributed by atoms with Crippen molar-refractivity contribution in [1.29, 1.82) is 0 Å². The smallest absolute Gasteiger partial charge is 0.165 e. The van der Waals surface area contributed by atoms with Crippen LogP contribution in [0.3, 0.4) is 0 Å². The van der Waals surface area contributed by atoms with Crippen molar-refractivity contribution in [2.45, 2.75) is 19.4 Å². The summed E-state index contributed by atoms with van der Waals surface area (Å²) < 4.78 is 18.6. The molecule has 0 aliphatic carbocycles. The lowest BCUT2D eigenvalue weighted by Crippen LogP contribution is -1.99. The average Bonchev–Trinajstić information content (AvgIpc) is 2.20. The van der Waals surface area contributed by atoms with Crippen LogP contribution in [-0.4, -0.2) is 11.7 Å². The first kappa shape index (κ1) is 11.7. The van der Waals surface area contributed by atoms with Crippen LogP contribution in [0.2, 0.25) is 0 Å². The van der Waals surface area contributed by atoms with Gasteiger partial charge in [0.05, 0.1) is 12.7 Å². The summed E-state index contributed by atoms with van der Waals surface area (Å²) in [6.07, 6.45) is 1.72. The molecule has 0 aliphatic heterocycles. The van der Waals surface area contributed by atoms with Crippen molar-refractivity contribution in [1.82, 2.24) is 0 Å². The molecule has 2 nitrogen and oxygen atoms in total. The molecule has 0 saturated carbocycles. The second-order valence-electron chi connectivity index (χ2n) is 3.29. The van der Waals surface area contributed by atoms with Crippen LogP contribution in [0.15, 0.2) is 30.9 Å². The molecule has 1 N–H and O–H groups in total. The number of hydrogen-bond donors (Lipinski definition) is 1. The molecular weight excluding hydrogens is 195 g/mol. The Morgan fingerprint density at radius 1 is 1.60 bits per heavy atom. The van der Waals surface area contributed by atoms with Crippen LogP contribution < -0.4 is 4.74 Å². The normalized spacial score (nSPS) is 12.2. The topological polar surface area (TPSA) is 29.5 Å². The molecule has 0 heterocycles. The summed E-state index contributed by atoms with van der Waals surface area (Å²) in [5.41, 5.74) is 0.545. The van der Waals surface area contributed by atoms with Gasteiger partial charge in [-0.2, -0.15) is 0 Å². The second kappa shape index (κ2) is 5.51. The molecule has 0 radical (unpaired) electrons. The van der Waals surface area contributed by atoms with E-state index in [1.165, 1.54) is 12.1 Å². The van der Waals surface area contributed by atoms with Gasteiger partial charge in [0, 0.05) is 0 Å². The zero-order valence-electron chi connectivity index (χ0n) is 8.74. The maximum Gasteiger partial charge on any atom is 0.165 e. The Labute approximate surface area is 89.0 Å². The molecule has 0 fully saturated rings. The Bertz CT molecular complexity index is 334. The Morgan fingerprint density at radius 2 is 2.33 bits per heavy atom. The number of hydrogen-bond acceptors (Lipinski definition) is 2. The lowest BCUT2D eigenvalue weighted by Gasteiger charge is -2.09. The lowest BCUT2D eigenvalue weighted by molar-refractivity contribution is 0.198. The second-order valence-corrected chi connectivity index (χ2v) is 3.29.